The third-order valence-electron chi connectivity index (χ3n) is 2.80. The second-order valence-electron chi connectivity index (χ2n) is 4.78. The molecule has 0 spiro atoms. The van der Waals surface area contributed by atoms with E-state index in [0.717, 1.165) is 27.8 Å². The molecule has 3 heteroatoms. The van der Waals surface area contributed by atoms with Crippen LogP contribution in [0.15, 0.2) is 16.6 Å². The molecule has 2 rings (SSSR count). The van der Waals surface area contributed by atoms with Gasteiger partial charge in [0.1, 0.15) is 11.4 Å². The number of hydrogen-bond donors (Lipinski definition) is 1. The molecule has 82 valence electrons. The Hall–Kier alpha value is -0.540. The van der Waals surface area contributed by atoms with E-state index < -0.39 is 0 Å². The minimum Gasteiger partial charge on any atom is -0.487 e. The molecule has 0 fully saturated rings. The molecule has 0 radical (unpaired) electrons. The molecule has 1 aliphatic heterocycles. The fourth-order valence-corrected chi connectivity index (χ4v) is 2.72. The van der Waals surface area contributed by atoms with Gasteiger partial charge in [-0.1, -0.05) is 22.0 Å². The van der Waals surface area contributed by atoms with Crippen molar-refractivity contribution in [3.05, 3.63) is 27.7 Å². The molecular weight excluding hydrogens is 254 g/mol. The summed E-state index contributed by atoms with van der Waals surface area (Å²) in [6, 6.07) is 4.14. The zero-order chi connectivity index (χ0) is 11.2. The molecule has 1 aliphatic rings. The summed E-state index contributed by atoms with van der Waals surface area (Å²) >= 11 is 3.53. The van der Waals surface area contributed by atoms with Gasteiger partial charge in [-0.3, -0.25) is 0 Å². The third-order valence-corrected chi connectivity index (χ3v) is 3.49. The van der Waals surface area contributed by atoms with Crippen LogP contribution in [0.1, 0.15) is 37.4 Å². The van der Waals surface area contributed by atoms with Crippen LogP contribution in [0.5, 0.6) is 5.75 Å². The highest BCUT2D eigenvalue weighted by molar-refractivity contribution is 9.10. The Balaban J connectivity index is 2.59. The van der Waals surface area contributed by atoms with Crippen molar-refractivity contribution < 1.29 is 4.74 Å². The quantitative estimate of drug-likeness (QED) is 0.784. The van der Waals surface area contributed by atoms with E-state index in [-0.39, 0.29) is 11.6 Å². The summed E-state index contributed by atoms with van der Waals surface area (Å²) in [5.74, 6) is 0.952. The molecule has 0 amide bonds. The van der Waals surface area contributed by atoms with E-state index in [1.54, 1.807) is 0 Å². The lowest BCUT2D eigenvalue weighted by Crippen LogP contribution is -2.38. The molecule has 0 saturated heterocycles. The van der Waals surface area contributed by atoms with Gasteiger partial charge in [-0.15, -0.1) is 0 Å². The molecule has 0 saturated carbocycles. The first-order chi connectivity index (χ1) is 6.91. The molecule has 15 heavy (non-hydrogen) atoms. The van der Waals surface area contributed by atoms with Crippen LogP contribution in [0.2, 0.25) is 0 Å². The van der Waals surface area contributed by atoms with Crippen molar-refractivity contribution in [2.45, 2.75) is 38.8 Å². The van der Waals surface area contributed by atoms with E-state index in [9.17, 15) is 0 Å². The largest absolute Gasteiger partial charge is 0.487 e. The zero-order valence-corrected chi connectivity index (χ0v) is 10.9. The van der Waals surface area contributed by atoms with Crippen molar-refractivity contribution in [3.63, 3.8) is 0 Å². The van der Waals surface area contributed by atoms with Crippen molar-refractivity contribution in [3.8, 4) is 5.75 Å². The lowest BCUT2D eigenvalue weighted by molar-refractivity contribution is 0.0716. The summed E-state index contributed by atoms with van der Waals surface area (Å²) in [6.45, 7) is 6.21. The van der Waals surface area contributed by atoms with Crippen molar-refractivity contribution in [1.82, 2.24) is 0 Å². The van der Waals surface area contributed by atoms with E-state index in [0.29, 0.717) is 0 Å². The lowest BCUT2D eigenvalue weighted by atomic mass is 9.89. The summed E-state index contributed by atoms with van der Waals surface area (Å²) in [5.41, 5.74) is 8.27. The molecule has 1 aromatic rings. The fourth-order valence-electron chi connectivity index (χ4n) is 2.12. The van der Waals surface area contributed by atoms with Gasteiger partial charge in [0.25, 0.3) is 0 Å². The van der Waals surface area contributed by atoms with Crippen molar-refractivity contribution in [2.75, 3.05) is 0 Å². The normalized spacial score (nSPS) is 23.1. The summed E-state index contributed by atoms with van der Waals surface area (Å²) < 4.78 is 7.04. The molecule has 2 nitrogen and oxygen atoms in total. The molecule has 0 aromatic heterocycles. The smallest absolute Gasteiger partial charge is 0.128 e. The van der Waals surface area contributed by atoms with Crippen LogP contribution in [0, 0.1) is 6.92 Å². The SMILES string of the molecule is Cc1ccc(Br)c2c1OC(C)(C)CC2N. The Labute approximate surface area is 98.9 Å². The second kappa shape index (κ2) is 3.49. The van der Waals surface area contributed by atoms with Crippen LogP contribution in [-0.2, 0) is 0 Å². The Morgan fingerprint density at radius 2 is 2.13 bits per heavy atom. The average molecular weight is 270 g/mol. The van der Waals surface area contributed by atoms with Gasteiger partial charge in [0.2, 0.25) is 0 Å². The number of ether oxygens (including phenoxy) is 1. The molecule has 0 bridgehead atoms. The number of benzene rings is 1. The number of aryl methyl sites for hydroxylation is 1. The Kier molecular flexibility index (Phi) is 2.55. The highest BCUT2D eigenvalue weighted by atomic mass is 79.9. The fraction of sp³-hybridized carbons (Fsp3) is 0.500. The Morgan fingerprint density at radius 1 is 1.47 bits per heavy atom. The van der Waals surface area contributed by atoms with Gasteiger partial charge >= 0.3 is 0 Å². The van der Waals surface area contributed by atoms with E-state index in [1.165, 1.54) is 0 Å². The van der Waals surface area contributed by atoms with E-state index in [1.807, 2.05) is 6.07 Å². The number of halogens is 1. The first-order valence-electron chi connectivity index (χ1n) is 5.14. The Morgan fingerprint density at radius 3 is 2.80 bits per heavy atom. The van der Waals surface area contributed by atoms with Crippen LogP contribution >= 0.6 is 15.9 Å². The van der Waals surface area contributed by atoms with E-state index in [4.69, 9.17) is 10.5 Å². The maximum atomic E-state index is 6.18. The first kappa shape index (κ1) is 11.0. The van der Waals surface area contributed by atoms with Gasteiger partial charge in [-0.05, 0) is 32.4 Å². The van der Waals surface area contributed by atoms with Gasteiger partial charge in [0.05, 0.1) is 0 Å². The molecule has 1 aromatic carbocycles. The number of nitrogens with two attached hydrogens (primary N) is 1. The molecule has 1 atom stereocenters. The van der Waals surface area contributed by atoms with Gasteiger partial charge < -0.3 is 10.5 Å². The van der Waals surface area contributed by atoms with E-state index >= 15 is 0 Å². The number of hydrogen-bond acceptors (Lipinski definition) is 2. The third kappa shape index (κ3) is 1.91. The zero-order valence-electron chi connectivity index (χ0n) is 9.30. The number of rotatable bonds is 0. The standard InChI is InChI=1S/C12H16BrNO/c1-7-4-5-8(13)10-9(14)6-12(2,3)15-11(7)10/h4-5,9H,6,14H2,1-3H3. The maximum Gasteiger partial charge on any atom is 0.128 e. The van der Waals surface area contributed by atoms with Gasteiger partial charge in [0, 0.05) is 22.5 Å². The van der Waals surface area contributed by atoms with Crippen molar-refractivity contribution in [1.29, 1.82) is 0 Å². The van der Waals surface area contributed by atoms with Crippen LogP contribution in [0.25, 0.3) is 0 Å². The predicted octanol–water partition coefficient (Wildman–Crippen LogP) is 3.32. The summed E-state index contributed by atoms with van der Waals surface area (Å²) in [5, 5.41) is 0. The monoisotopic (exact) mass is 269 g/mol. The second-order valence-corrected chi connectivity index (χ2v) is 5.63. The first-order valence-corrected chi connectivity index (χ1v) is 5.93. The molecule has 0 aliphatic carbocycles. The molecule has 2 N–H and O–H groups in total. The maximum absolute atomic E-state index is 6.18. The Bertz CT molecular complexity index is 401. The van der Waals surface area contributed by atoms with E-state index in [2.05, 4.69) is 42.8 Å². The van der Waals surface area contributed by atoms with Crippen LogP contribution in [0.4, 0.5) is 0 Å². The minimum absolute atomic E-state index is 0.0537. The lowest BCUT2D eigenvalue weighted by Gasteiger charge is -2.37. The average Bonchev–Trinajstić information content (AvgIpc) is 2.09. The molecule has 1 unspecified atom stereocenters. The van der Waals surface area contributed by atoms with Gasteiger partial charge in [0.15, 0.2) is 0 Å². The van der Waals surface area contributed by atoms with Crippen LogP contribution in [0.3, 0.4) is 0 Å². The van der Waals surface area contributed by atoms with Crippen LogP contribution in [-0.4, -0.2) is 5.60 Å². The van der Waals surface area contributed by atoms with Crippen LogP contribution < -0.4 is 10.5 Å². The minimum atomic E-state index is -0.169. The van der Waals surface area contributed by atoms with Crippen molar-refractivity contribution in [2.24, 2.45) is 5.73 Å². The topological polar surface area (TPSA) is 35.2 Å². The summed E-state index contributed by atoms with van der Waals surface area (Å²) in [6.07, 6.45) is 0.849. The van der Waals surface area contributed by atoms with Crippen molar-refractivity contribution >= 4 is 15.9 Å². The summed E-state index contributed by atoms with van der Waals surface area (Å²) in [7, 11) is 0. The number of fused-ring (bicyclic) bond motifs is 1. The molecular formula is C12H16BrNO. The molecule has 1 heterocycles. The predicted molar refractivity (Wildman–Crippen MR) is 65.1 cm³/mol. The van der Waals surface area contributed by atoms with Gasteiger partial charge in [-0.2, -0.15) is 0 Å². The highest BCUT2D eigenvalue weighted by Crippen LogP contribution is 2.43. The van der Waals surface area contributed by atoms with Gasteiger partial charge in [-0.25, -0.2) is 0 Å². The summed E-state index contributed by atoms with van der Waals surface area (Å²) in [4.78, 5) is 0. The highest BCUT2D eigenvalue weighted by Gasteiger charge is 2.33.